The first-order valence-corrected chi connectivity index (χ1v) is 7.55. The maximum absolute atomic E-state index is 12.2. The second-order valence-corrected chi connectivity index (χ2v) is 5.36. The molecule has 3 aromatic heterocycles. The van der Waals surface area contributed by atoms with Crippen LogP contribution >= 0.6 is 11.5 Å². The van der Waals surface area contributed by atoms with Crippen molar-refractivity contribution < 1.29 is 4.79 Å². The Hall–Kier alpha value is -2.61. The van der Waals surface area contributed by atoms with Gasteiger partial charge in [0.15, 0.2) is 0 Å². The van der Waals surface area contributed by atoms with E-state index >= 15 is 0 Å². The molecule has 8 heteroatoms. The van der Waals surface area contributed by atoms with Crippen LogP contribution in [-0.2, 0) is 6.42 Å². The summed E-state index contributed by atoms with van der Waals surface area (Å²) in [5, 5.41) is 6.75. The second kappa shape index (κ2) is 6.02. The highest BCUT2D eigenvalue weighted by atomic mass is 32.1. The van der Waals surface area contributed by atoms with E-state index in [0.717, 1.165) is 23.2 Å². The van der Waals surface area contributed by atoms with Gasteiger partial charge in [-0.25, -0.2) is 9.97 Å². The number of carbonyl (C=O) groups is 1. The van der Waals surface area contributed by atoms with Gasteiger partial charge in [0.05, 0.1) is 17.6 Å². The van der Waals surface area contributed by atoms with Crippen LogP contribution in [0.4, 0.5) is 5.69 Å². The number of anilines is 1. The van der Waals surface area contributed by atoms with Gasteiger partial charge in [-0.3, -0.25) is 9.36 Å². The first kappa shape index (κ1) is 14.3. The van der Waals surface area contributed by atoms with Gasteiger partial charge in [0.25, 0.3) is 5.91 Å². The Balaban J connectivity index is 1.77. The van der Waals surface area contributed by atoms with Crippen molar-refractivity contribution in [3.05, 3.63) is 47.1 Å². The molecule has 0 spiro atoms. The van der Waals surface area contributed by atoms with Crippen LogP contribution < -0.4 is 5.32 Å². The Bertz CT molecular complexity index is 792. The Morgan fingerprint density at radius 1 is 1.36 bits per heavy atom. The number of hydrogen-bond acceptors (Lipinski definition) is 6. The summed E-state index contributed by atoms with van der Waals surface area (Å²) in [6, 6.07) is 3.63. The number of aromatic nitrogens is 5. The number of nitrogens with one attached hydrogen (secondary N) is 1. The van der Waals surface area contributed by atoms with E-state index in [0.29, 0.717) is 22.7 Å². The van der Waals surface area contributed by atoms with Crippen LogP contribution in [0.5, 0.6) is 0 Å². The van der Waals surface area contributed by atoms with Crippen molar-refractivity contribution in [1.29, 1.82) is 0 Å². The van der Waals surface area contributed by atoms with Crippen molar-refractivity contribution in [2.75, 3.05) is 5.32 Å². The fourth-order valence-electron chi connectivity index (χ4n) is 2.02. The van der Waals surface area contributed by atoms with Gasteiger partial charge >= 0.3 is 0 Å². The summed E-state index contributed by atoms with van der Waals surface area (Å²) in [5.41, 5.74) is 1.34. The zero-order chi connectivity index (χ0) is 15.5. The Kier molecular flexibility index (Phi) is 3.92. The highest BCUT2D eigenvalue weighted by Crippen LogP contribution is 2.16. The summed E-state index contributed by atoms with van der Waals surface area (Å²) in [7, 11) is 0. The fourth-order valence-corrected chi connectivity index (χ4v) is 2.67. The molecule has 3 aromatic rings. The number of hydrogen-bond donors (Lipinski definition) is 1. The van der Waals surface area contributed by atoms with Crippen molar-refractivity contribution in [3.63, 3.8) is 0 Å². The summed E-state index contributed by atoms with van der Waals surface area (Å²) in [6.45, 7) is 3.84. The van der Waals surface area contributed by atoms with E-state index in [1.54, 1.807) is 18.5 Å². The van der Waals surface area contributed by atoms with Gasteiger partial charge in [-0.15, -0.1) is 5.10 Å². The van der Waals surface area contributed by atoms with Gasteiger partial charge in [0.2, 0.25) is 0 Å². The summed E-state index contributed by atoms with van der Waals surface area (Å²) >= 11 is 1.10. The lowest BCUT2D eigenvalue weighted by molar-refractivity contribution is 0.102. The predicted molar refractivity (Wildman–Crippen MR) is 83.3 cm³/mol. The molecule has 0 fully saturated rings. The summed E-state index contributed by atoms with van der Waals surface area (Å²) in [4.78, 5) is 21.2. The third kappa shape index (κ3) is 2.73. The molecule has 7 nitrogen and oxygen atoms in total. The van der Waals surface area contributed by atoms with Crippen LogP contribution in [0.2, 0.25) is 0 Å². The molecule has 0 radical (unpaired) electrons. The van der Waals surface area contributed by atoms with Crippen molar-refractivity contribution in [2.45, 2.75) is 20.3 Å². The topological polar surface area (TPSA) is 85.6 Å². The van der Waals surface area contributed by atoms with Crippen molar-refractivity contribution >= 4 is 23.1 Å². The average Bonchev–Trinajstić information content (AvgIpc) is 3.16. The molecular formula is C14H14N6OS. The largest absolute Gasteiger partial charge is 0.320 e. The molecule has 0 aliphatic carbocycles. The van der Waals surface area contributed by atoms with Crippen molar-refractivity contribution in [3.8, 4) is 5.82 Å². The maximum atomic E-state index is 12.2. The Morgan fingerprint density at radius 2 is 2.23 bits per heavy atom. The predicted octanol–water partition coefficient (Wildman–Crippen LogP) is 2.24. The van der Waals surface area contributed by atoms with Crippen LogP contribution in [0.25, 0.3) is 5.82 Å². The third-order valence-electron chi connectivity index (χ3n) is 3.18. The minimum Gasteiger partial charge on any atom is -0.320 e. The average molecular weight is 314 g/mol. The first-order valence-electron chi connectivity index (χ1n) is 6.78. The SMILES string of the molecule is CCc1nnsc1C(=O)Nc1ccc(-n2ccnc2C)nc1. The summed E-state index contributed by atoms with van der Waals surface area (Å²) < 4.78 is 5.69. The highest BCUT2D eigenvalue weighted by molar-refractivity contribution is 7.08. The van der Waals surface area contributed by atoms with Crippen LogP contribution in [0.3, 0.4) is 0 Å². The molecular weight excluding hydrogens is 300 g/mol. The molecule has 0 unspecified atom stereocenters. The molecule has 1 N–H and O–H groups in total. The van der Waals surface area contributed by atoms with Gasteiger partial charge in [-0.1, -0.05) is 11.4 Å². The summed E-state index contributed by atoms with van der Waals surface area (Å²) in [5.74, 6) is 1.40. The van der Waals surface area contributed by atoms with Crippen LogP contribution in [0.15, 0.2) is 30.7 Å². The molecule has 3 heterocycles. The van der Waals surface area contributed by atoms with Crippen LogP contribution in [0, 0.1) is 6.92 Å². The molecule has 112 valence electrons. The van der Waals surface area contributed by atoms with E-state index in [4.69, 9.17) is 0 Å². The van der Waals surface area contributed by atoms with Gasteiger partial charge in [0.1, 0.15) is 16.5 Å². The van der Waals surface area contributed by atoms with E-state index in [9.17, 15) is 4.79 Å². The molecule has 0 bridgehead atoms. The molecule has 0 saturated heterocycles. The number of carbonyl (C=O) groups excluding carboxylic acids is 1. The third-order valence-corrected chi connectivity index (χ3v) is 3.94. The lowest BCUT2D eigenvalue weighted by Gasteiger charge is -2.06. The molecule has 0 saturated carbocycles. The van der Waals surface area contributed by atoms with Gasteiger partial charge in [0, 0.05) is 12.4 Å². The smallest absolute Gasteiger partial charge is 0.269 e. The lowest BCUT2D eigenvalue weighted by Crippen LogP contribution is -2.12. The minimum absolute atomic E-state index is 0.208. The van der Waals surface area contributed by atoms with E-state index in [2.05, 4.69) is 24.9 Å². The molecule has 0 aromatic carbocycles. The standard InChI is InChI=1S/C14H14N6OS/c1-3-11-13(22-19-18-11)14(21)17-10-4-5-12(16-8-10)20-7-6-15-9(20)2/h4-8H,3H2,1-2H3,(H,17,21). The molecule has 3 rings (SSSR count). The second-order valence-electron chi connectivity index (χ2n) is 4.61. The van der Waals surface area contributed by atoms with Gasteiger partial charge in [-0.05, 0) is 37.0 Å². The fraction of sp³-hybridized carbons (Fsp3) is 0.214. The molecule has 0 atom stereocenters. The first-order chi connectivity index (χ1) is 10.7. The lowest BCUT2D eigenvalue weighted by atomic mass is 10.3. The van der Waals surface area contributed by atoms with E-state index in [1.165, 1.54) is 0 Å². The van der Waals surface area contributed by atoms with Gasteiger partial charge < -0.3 is 5.32 Å². The van der Waals surface area contributed by atoms with Crippen LogP contribution in [0.1, 0.15) is 28.1 Å². The zero-order valence-electron chi connectivity index (χ0n) is 12.1. The van der Waals surface area contributed by atoms with E-state index < -0.39 is 0 Å². The number of amides is 1. The van der Waals surface area contributed by atoms with Gasteiger partial charge in [-0.2, -0.15) is 0 Å². The van der Waals surface area contributed by atoms with Crippen molar-refractivity contribution in [1.82, 2.24) is 24.1 Å². The Labute approximate surface area is 131 Å². The Morgan fingerprint density at radius 3 is 2.86 bits per heavy atom. The molecule has 0 aliphatic heterocycles. The highest BCUT2D eigenvalue weighted by Gasteiger charge is 2.15. The number of rotatable bonds is 4. The summed E-state index contributed by atoms with van der Waals surface area (Å²) in [6.07, 6.45) is 5.85. The van der Waals surface area contributed by atoms with E-state index in [-0.39, 0.29) is 5.91 Å². The molecule has 0 aliphatic rings. The zero-order valence-corrected chi connectivity index (χ0v) is 13.0. The normalized spacial score (nSPS) is 10.6. The molecule has 1 amide bonds. The molecule has 22 heavy (non-hydrogen) atoms. The number of imidazole rings is 1. The number of nitrogens with zero attached hydrogens (tertiary/aromatic N) is 5. The number of aryl methyl sites for hydroxylation is 2. The van der Waals surface area contributed by atoms with E-state index in [1.807, 2.05) is 30.7 Å². The maximum Gasteiger partial charge on any atom is 0.269 e. The quantitative estimate of drug-likeness (QED) is 0.798. The monoisotopic (exact) mass is 314 g/mol. The van der Waals surface area contributed by atoms with Crippen molar-refractivity contribution in [2.24, 2.45) is 0 Å². The minimum atomic E-state index is -0.208. The number of pyridine rings is 1. The van der Waals surface area contributed by atoms with Crippen LogP contribution in [-0.4, -0.2) is 30.0 Å².